The van der Waals surface area contributed by atoms with Gasteiger partial charge in [0.1, 0.15) is 18.3 Å². The minimum absolute atomic E-state index is 0.173. The molecular formula is C108H156O12. The molecule has 2 unspecified atom stereocenters. The van der Waals surface area contributed by atoms with Crippen molar-refractivity contribution in [1.82, 2.24) is 0 Å². The van der Waals surface area contributed by atoms with E-state index in [1.807, 2.05) is 0 Å². The first-order chi connectivity index (χ1) is 58.6. The van der Waals surface area contributed by atoms with Crippen LogP contribution in [0.15, 0.2) is 146 Å². The number of unbranched alkanes of at least 4 members (excludes halogenated alkanes) is 42. The normalized spacial score (nSPS) is 17.7. The predicted molar refractivity (Wildman–Crippen MR) is 492 cm³/mol. The maximum atomic E-state index is 18.1. The van der Waals surface area contributed by atoms with Gasteiger partial charge in [-0.3, -0.25) is 14.4 Å². The van der Waals surface area contributed by atoms with Crippen LogP contribution in [-0.4, -0.2) is 85.7 Å². The summed E-state index contributed by atoms with van der Waals surface area (Å²) >= 11 is 0. The van der Waals surface area contributed by atoms with Crippen molar-refractivity contribution >= 4 is 35.3 Å². The molecule has 120 heavy (non-hydrogen) atoms. The predicted octanol–water partition coefficient (Wildman–Crippen LogP) is 27.6. The molecule has 6 aromatic carbocycles. The van der Waals surface area contributed by atoms with Crippen LogP contribution in [0.4, 0.5) is 0 Å². The monoisotopic (exact) mass is 1650 g/mol. The molecule has 6 atom stereocenters. The van der Waals surface area contributed by atoms with Crippen molar-refractivity contribution < 1.29 is 58.3 Å². The minimum atomic E-state index is -4.03. The summed E-state index contributed by atoms with van der Waals surface area (Å²) in [5.41, 5.74) is -8.00. The number of aryl methyl sites for hydroxylation is 6. The highest BCUT2D eigenvalue weighted by atomic mass is 16.7. The average molecular weight is 1650 g/mol. The summed E-state index contributed by atoms with van der Waals surface area (Å²) < 4.78 is 21.1. The van der Waals surface area contributed by atoms with Crippen LogP contribution in [-0.2, 0) is 52.7 Å². The third-order valence-corrected chi connectivity index (χ3v) is 25.4. The maximum Gasteiger partial charge on any atom is 0.339 e. The van der Waals surface area contributed by atoms with Crippen LogP contribution < -0.4 is 0 Å². The Kier molecular flexibility index (Phi) is 47.5. The number of carbonyl (C=O) groups excluding carboxylic acids is 6. The van der Waals surface area contributed by atoms with E-state index in [1.165, 1.54) is 201 Å². The van der Waals surface area contributed by atoms with Gasteiger partial charge in [-0.05, 0) is 147 Å². The first-order valence-electron chi connectivity index (χ1n) is 48.5. The molecule has 1 saturated carbocycles. The minimum Gasteiger partial charge on any atom is -0.439 e. The molecular weight excluding hydrogens is 1490 g/mol. The highest BCUT2D eigenvalue weighted by molar-refractivity contribution is 6.21. The van der Waals surface area contributed by atoms with E-state index >= 15 is 28.8 Å². The highest BCUT2D eigenvalue weighted by Gasteiger charge is 2.88. The zero-order valence-corrected chi connectivity index (χ0v) is 75.3. The fourth-order valence-corrected chi connectivity index (χ4v) is 17.7. The Morgan fingerprint density at radius 3 is 0.567 bits per heavy atom. The average Bonchev–Trinajstić information content (AvgIpc) is 0.657. The number of aliphatic hydroxyl groups is 3. The molecule has 0 amide bonds. The Balaban J connectivity index is 1.51. The molecule has 660 valence electrons. The largest absolute Gasteiger partial charge is 0.439 e. The van der Waals surface area contributed by atoms with E-state index in [4.69, 9.17) is 14.2 Å². The lowest BCUT2D eigenvalue weighted by atomic mass is 9.52. The van der Waals surface area contributed by atoms with Gasteiger partial charge >= 0.3 is 17.9 Å². The zero-order valence-electron chi connectivity index (χ0n) is 75.3. The number of hydrogen-bond donors (Lipinski definition) is 3. The van der Waals surface area contributed by atoms with Gasteiger partial charge in [0.25, 0.3) is 16.8 Å². The van der Waals surface area contributed by atoms with Crippen LogP contribution in [0.2, 0.25) is 0 Å². The van der Waals surface area contributed by atoms with E-state index in [1.54, 1.807) is 72.8 Å². The van der Waals surface area contributed by atoms with Crippen LogP contribution in [0.25, 0.3) is 0 Å². The SMILES string of the molecule is CCCCCCCCCCc1ccc(C(=O)OC2(C(=O)c3ccc(CCCCCCCCCC)cc3)[C@@](OC(=O)c3ccc(CCCCCCCCCC)cc3)(C(=O)c3ccc(CCCCCCCCCC)cc3)[C@@H](O)C(O)[C@@H](O)[C@@]2(OC(=O)c2ccc(CCCCCCCCCC)cc2)C(=O)c2ccc(CCCCCCCCCC)cc2)cc1. The van der Waals surface area contributed by atoms with Crippen molar-refractivity contribution in [2.24, 2.45) is 0 Å². The molecule has 3 N–H and O–H groups in total. The number of esters is 3. The van der Waals surface area contributed by atoms with Gasteiger partial charge < -0.3 is 29.5 Å². The lowest BCUT2D eigenvalue weighted by molar-refractivity contribution is -0.293. The lowest BCUT2D eigenvalue weighted by Crippen LogP contribution is -2.91. The molecule has 1 aliphatic rings. The van der Waals surface area contributed by atoms with Crippen LogP contribution in [0, 0.1) is 0 Å². The van der Waals surface area contributed by atoms with Crippen molar-refractivity contribution in [1.29, 1.82) is 0 Å². The molecule has 1 fully saturated rings. The molecule has 12 nitrogen and oxygen atoms in total. The third-order valence-electron chi connectivity index (χ3n) is 25.4. The fourth-order valence-electron chi connectivity index (χ4n) is 17.7. The van der Waals surface area contributed by atoms with Gasteiger partial charge in [0, 0.05) is 16.7 Å². The number of ketones is 3. The van der Waals surface area contributed by atoms with E-state index in [9.17, 15) is 15.3 Å². The Morgan fingerprint density at radius 2 is 0.375 bits per heavy atom. The highest BCUT2D eigenvalue weighted by Crippen LogP contribution is 2.56. The van der Waals surface area contributed by atoms with E-state index in [2.05, 4.69) is 41.5 Å². The van der Waals surface area contributed by atoms with E-state index in [-0.39, 0.29) is 33.4 Å². The summed E-state index contributed by atoms with van der Waals surface area (Å²) in [6.45, 7) is 13.2. The molecule has 7 rings (SSSR count). The van der Waals surface area contributed by atoms with E-state index in [0.29, 0.717) is 38.5 Å². The molecule has 0 aliphatic heterocycles. The number of ether oxygens (including phenoxy) is 3. The third kappa shape index (κ3) is 30.8. The summed E-state index contributed by atoms with van der Waals surface area (Å²) in [6, 6.07) is 38.9. The standard InChI is InChI=1S/C108H156O12/c1-7-13-19-25-31-37-43-49-55-85-61-73-91(74-62-85)98(110)106(118-103(115)94-79-67-88(68-80-94)58-52-46-40-34-28-22-16-10-4)101(113)97(109)102(114)107(99(111)92-75-63-86(64-76-92)56-50-44-38-32-26-20-14-8-2,119-104(116)95-81-69-89(70-82-95)59-53-47-41-35-29-23-17-11-5)108(106,100(112)93-77-65-87(66-78-93)57-51-45-39-33-27-21-15-9-3)120-105(117)96-83-71-90(72-84-96)60-54-48-42-36-30-24-18-12-6/h61-84,97,101-102,109,113-114H,7-60H2,1-6H3/t97?,101-,102+,106+,107-,108?. The Hall–Kier alpha value is -7.38. The molecule has 0 bridgehead atoms. The zero-order chi connectivity index (χ0) is 85.9. The number of Topliss-reactive ketones (excluding diaryl/α,β-unsaturated/α-hetero) is 3. The van der Waals surface area contributed by atoms with Gasteiger partial charge in [0.2, 0.25) is 17.3 Å². The lowest BCUT2D eigenvalue weighted by Gasteiger charge is -2.60. The Bertz CT molecular complexity index is 3650. The fraction of sp³-hybridized carbons (Fsp3) is 0.611. The molecule has 0 aromatic heterocycles. The molecule has 1 aliphatic carbocycles. The first-order valence-corrected chi connectivity index (χ1v) is 48.5. The molecule has 12 heteroatoms. The van der Waals surface area contributed by atoms with E-state index in [0.717, 1.165) is 213 Å². The van der Waals surface area contributed by atoms with Gasteiger partial charge in [-0.1, -0.05) is 420 Å². The molecule has 6 aromatic rings. The first kappa shape index (κ1) is 99.7. The second kappa shape index (κ2) is 57.1. The summed E-state index contributed by atoms with van der Waals surface area (Å²) in [4.78, 5) is 103. The van der Waals surface area contributed by atoms with Gasteiger partial charge in [-0.2, -0.15) is 0 Å². The van der Waals surface area contributed by atoms with Gasteiger partial charge in [0.15, 0.2) is 0 Å². The molecule has 0 heterocycles. The topological polar surface area (TPSA) is 191 Å². The van der Waals surface area contributed by atoms with Crippen LogP contribution in [0.3, 0.4) is 0 Å². The Morgan fingerprint density at radius 1 is 0.217 bits per heavy atom. The van der Waals surface area contributed by atoms with Crippen LogP contribution >= 0.6 is 0 Å². The second-order valence-corrected chi connectivity index (χ2v) is 35.2. The quantitative estimate of drug-likeness (QED) is 0.0142. The molecule has 0 saturated heterocycles. The molecule has 0 spiro atoms. The number of hydrogen-bond acceptors (Lipinski definition) is 12. The molecule has 0 radical (unpaired) electrons. The number of benzene rings is 6. The van der Waals surface area contributed by atoms with Crippen molar-refractivity contribution in [3.05, 3.63) is 212 Å². The second-order valence-electron chi connectivity index (χ2n) is 35.2. The maximum absolute atomic E-state index is 18.1. The van der Waals surface area contributed by atoms with E-state index < -0.39 is 70.4 Å². The van der Waals surface area contributed by atoms with Crippen molar-refractivity contribution in [3.8, 4) is 0 Å². The smallest absolute Gasteiger partial charge is 0.339 e. The van der Waals surface area contributed by atoms with Crippen molar-refractivity contribution in [2.45, 2.75) is 423 Å². The summed E-state index contributed by atoms with van der Waals surface area (Å²) in [7, 11) is 0. The van der Waals surface area contributed by atoms with Crippen LogP contribution in [0.5, 0.6) is 0 Å². The Labute approximate surface area is 725 Å². The number of carbonyl (C=O) groups is 6. The number of rotatable bonds is 66. The van der Waals surface area contributed by atoms with Gasteiger partial charge in [-0.25, -0.2) is 14.4 Å². The van der Waals surface area contributed by atoms with Gasteiger partial charge in [-0.15, -0.1) is 0 Å². The van der Waals surface area contributed by atoms with Gasteiger partial charge in [0.05, 0.1) is 16.7 Å². The summed E-state index contributed by atoms with van der Waals surface area (Å²) in [6.07, 6.45) is 48.0. The van der Waals surface area contributed by atoms with Crippen molar-refractivity contribution in [2.75, 3.05) is 0 Å². The number of aliphatic hydroxyl groups excluding tert-OH is 3. The van der Waals surface area contributed by atoms with Crippen molar-refractivity contribution in [3.63, 3.8) is 0 Å². The van der Waals surface area contributed by atoms with Crippen LogP contribution in [0.1, 0.15) is 445 Å². The summed E-state index contributed by atoms with van der Waals surface area (Å²) in [5.74, 6) is -8.28. The summed E-state index contributed by atoms with van der Waals surface area (Å²) in [5, 5.41) is 41.5.